The summed E-state index contributed by atoms with van der Waals surface area (Å²) in [6.45, 7) is 0. The number of nitrogens with zero attached hydrogens (tertiary/aromatic N) is 3. The summed E-state index contributed by atoms with van der Waals surface area (Å²) in [6.07, 6.45) is -4.43. The quantitative estimate of drug-likeness (QED) is 0.790. The number of pyridine rings is 1. The van der Waals surface area contributed by atoms with Crippen molar-refractivity contribution in [1.29, 1.82) is 0 Å². The molecule has 0 amide bonds. The lowest BCUT2D eigenvalue weighted by molar-refractivity contribution is -0.137. The fourth-order valence-electron chi connectivity index (χ4n) is 2.10. The Balaban J connectivity index is 2.17. The lowest BCUT2D eigenvalue weighted by atomic mass is 10.1. The Morgan fingerprint density at radius 1 is 1.05 bits per heavy atom. The number of aromatic nitrogens is 3. The molecular weight excluding hydrogens is 299 g/mol. The van der Waals surface area contributed by atoms with Gasteiger partial charge in [-0.2, -0.15) is 13.2 Å². The van der Waals surface area contributed by atoms with Crippen LogP contribution in [0.15, 0.2) is 42.5 Å². The third-order valence-corrected chi connectivity index (χ3v) is 3.12. The molecule has 22 heavy (non-hydrogen) atoms. The zero-order valence-corrected chi connectivity index (χ0v) is 10.9. The molecule has 0 saturated carbocycles. The third kappa shape index (κ3) is 2.28. The van der Waals surface area contributed by atoms with Gasteiger partial charge in [0.25, 0.3) is 0 Å². The van der Waals surface area contributed by atoms with Gasteiger partial charge in [-0.3, -0.25) is 4.40 Å². The molecule has 5 nitrogen and oxygen atoms in total. The standard InChI is InChI=1S/C14H8F3N3O2/c15-14(16,17)9-6-4-8(5-7-9)12-19-18-11-3-1-2-10(13(21)22)20(11)12/h1-7H,(H,21,22). The number of halogens is 3. The van der Waals surface area contributed by atoms with Crippen molar-refractivity contribution in [2.75, 3.05) is 0 Å². The van der Waals surface area contributed by atoms with Crippen LogP contribution in [0.5, 0.6) is 0 Å². The maximum Gasteiger partial charge on any atom is 0.416 e. The topological polar surface area (TPSA) is 67.5 Å². The molecule has 0 unspecified atom stereocenters. The maximum absolute atomic E-state index is 12.6. The molecule has 2 aromatic heterocycles. The summed E-state index contributed by atoms with van der Waals surface area (Å²) in [7, 11) is 0. The monoisotopic (exact) mass is 307 g/mol. The van der Waals surface area contributed by atoms with E-state index in [-0.39, 0.29) is 11.5 Å². The molecule has 0 bridgehead atoms. The predicted octanol–water partition coefficient (Wildman–Crippen LogP) is 3.11. The Hall–Kier alpha value is -2.90. The van der Waals surface area contributed by atoms with Crippen LogP contribution in [-0.4, -0.2) is 25.7 Å². The molecule has 0 spiro atoms. The van der Waals surface area contributed by atoms with E-state index >= 15 is 0 Å². The first-order chi connectivity index (χ1) is 10.4. The molecule has 112 valence electrons. The predicted molar refractivity (Wildman–Crippen MR) is 70.4 cm³/mol. The van der Waals surface area contributed by atoms with Crippen molar-refractivity contribution < 1.29 is 23.1 Å². The third-order valence-electron chi connectivity index (χ3n) is 3.12. The van der Waals surface area contributed by atoms with E-state index in [2.05, 4.69) is 10.2 Å². The Morgan fingerprint density at radius 3 is 2.32 bits per heavy atom. The van der Waals surface area contributed by atoms with Gasteiger partial charge in [0, 0.05) is 5.56 Å². The first kappa shape index (κ1) is 14.1. The molecule has 2 heterocycles. The molecule has 3 aromatic rings. The smallest absolute Gasteiger partial charge is 0.416 e. The number of carbonyl (C=O) groups is 1. The molecule has 0 aliphatic carbocycles. The molecule has 0 radical (unpaired) electrons. The second-order valence-corrected chi connectivity index (χ2v) is 4.51. The van der Waals surface area contributed by atoms with Crippen molar-refractivity contribution in [2.45, 2.75) is 6.18 Å². The van der Waals surface area contributed by atoms with Gasteiger partial charge in [0.1, 0.15) is 5.69 Å². The number of benzene rings is 1. The average molecular weight is 307 g/mol. The molecule has 0 aliphatic heterocycles. The summed E-state index contributed by atoms with van der Waals surface area (Å²) < 4.78 is 39.0. The van der Waals surface area contributed by atoms with Gasteiger partial charge in [-0.25, -0.2) is 4.79 Å². The number of hydrogen-bond donors (Lipinski definition) is 1. The van der Waals surface area contributed by atoms with Gasteiger partial charge in [-0.15, -0.1) is 10.2 Å². The normalized spacial score (nSPS) is 11.8. The van der Waals surface area contributed by atoms with E-state index in [1.54, 1.807) is 6.07 Å². The summed E-state index contributed by atoms with van der Waals surface area (Å²) in [5.41, 5.74) is -0.218. The maximum atomic E-state index is 12.6. The average Bonchev–Trinajstić information content (AvgIpc) is 2.90. The summed E-state index contributed by atoms with van der Waals surface area (Å²) in [6, 6.07) is 8.75. The number of hydrogen-bond acceptors (Lipinski definition) is 3. The zero-order valence-electron chi connectivity index (χ0n) is 10.9. The molecule has 0 fully saturated rings. The Kier molecular flexibility index (Phi) is 3.09. The number of carboxylic acids is 1. The van der Waals surface area contributed by atoms with Gasteiger partial charge in [0.05, 0.1) is 5.56 Å². The number of aromatic carboxylic acids is 1. The van der Waals surface area contributed by atoms with Crippen molar-refractivity contribution in [3.63, 3.8) is 0 Å². The number of rotatable bonds is 2. The number of carboxylic acid groups (broad SMARTS) is 1. The summed E-state index contributed by atoms with van der Waals surface area (Å²) in [4.78, 5) is 11.3. The van der Waals surface area contributed by atoms with Crippen LogP contribution < -0.4 is 0 Å². The Bertz CT molecular complexity index is 854. The fraction of sp³-hybridized carbons (Fsp3) is 0.0714. The van der Waals surface area contributed by atoms with Crippen LogP contribution >= 0.6 is 0 Å². The minimum atomic E-state index is -4.43. The second kappa shape index (κ2) is 4.83. The van der Waals surface area contributed by atoms with E-state index in [9.17, 15) is 23.1 Å². The molecule has 1 N–H and O–H groups in total. The van der Waals surface area contributed by atoms with Crippen LogP contribution in [0.4, 0.5) is 13.2 Å². The molecule has 8 heteroatoms. The van der Waals surface area contributed by atoms with Gasteiger partial charge in [-0.1, -0.05) is 18.2 Å². The summed E-state index contributed by atoms with van der Waals surface area (Å²) in [5, 5.41) is 16.9. The van der Waals surface area contributed by atoms with Crippen LogP contribution in [0.1, 0.15) is 16.1 Å². The number of fused-ring (bicyclic) bond motifs is 1. The second-order valence-electron chi connectivity index (χ2n) is 4.51. The lowest BCUT2D eigenvalue weighted by Crippen LogP contribution is -2.06. The van der Waals surface area contributed by atoms with E-state index in [4.69, 9.17) is 0 Å². The minimum absolute atomic E-state index is 0.0719. The van der Waals surface area contributed by atoms with E-state index in [0.29, 0.717) is 11.2 Å². The van der Waals surface area contributed by atoms with E-state index in [1.807, 2.05) is 0 Å². The highest BCUT2D eigenvalue weighted by molar-refractivity contribution is 5.87. The Morgan fingerprint density at radius 2 is 1.73 bits per heavy atom. The summed E-state index contributed by atoms with van der Waals surface area (Å²) >= 11 is 0. The van der Waals surface area contributed by atoms with Gasteiger partial charge >= 0.3 is 12.1 Å². The Labute approximate surface area is 121 Å². The van der Waals surface area contributed by atoms with Gasteiger partial charge in [0.2, 0.25) is 0 Å². The first-order valence-corrected chi connectivity index (χ1v) is 6.13. The van der Waals surface area contributed by atoms with Crippen LogP contribution in [-0.2, 0) is 6.18 Å². The van der Waals surface area contributed by atoms with Crippen molar-refractivity contribution in [1.82, 2.24) is 14.6 Å². The van der Waals surface area contributed by atoms with E-state index in [1.165, 1.54) is 28.7 Å². The highest BCUT2D eigenvalue weighted by Gasteiger charge is 2.30. The molecule has 1 aromatic carbocycles. The van der Waals surface area contributed by atoms with Crippen LogP contribution in [0.25, 0.3) is 17.0 Å². The largest absolute Gasteiger partial charge is 0.477 e. The van der Waals surface area contributed by atoms with Crippen molar-refractivity contribution >= 4 is 11.6 Å². The van der Waals surface area contributed by atoms with Gasteiger partial charge in [-0.05, 0) is 24.3 Å². The van der Waals surface area contributed by atoms with Crippen molar-refractivity contribution in [2.24, 2.45) is 0 Å². The number of alkyl halides is 3. The van der Waals surface area contributed by atoms with Crippen LogP contribution in [0.2, 0.25) is 0 Å². The van der Waals surface area contributed by atoms with Crippen LogP contribution in [0.3, 0.4) is 0 Å². The van der Waals surface area contributed by atoms with Crippen molar-refractivity contribution in [3.05, 3.63) is 53.7 Å². The molecule has 3 rings (SSSR count). The molecule has 0 aliphatic rings. The molecular formula is C14H8F3N3O2. The zero-order chi connectivity index (χ0) is 15.9. The van der Waals surface area contributed by atoms with E-state index in [0.717, 1.165) is 12.1 Å². The van der Waals surface area contributed by atoms with Gasteiger partial charge < -0.3 is 5.11 Å². The SMILES string of the molecule is O=C(O)c1cccc2nnc(-c3ccc(C(F)(F)F)cc3)n12. The highest BCUT2D eigenvalue weighted by atomic mass is 19.4. The van der Waals surface area contributed by atoms with E-state index < -0.39 is 17.7 Å². The van der Waals surface area contributed by atoms with Crippen molar-refractivity contribution in [3.8, 4) is 11.4 Å². The first-order valence-electron chi connectivity index (χ1n) is 6.13. The highest BCUT2D eigenvalue weighted by Crippen LogP contribution is 2.30. The lowest BCUT2D eigenvalue weighted by Gasteiger charge is -2.07. The molecule has 0 saturated heterocycles. The van der Waals surface area contributed by atoms with Gasteiger partial charge in [0.15, 0.2) is 11.5 Å². The molecule has 0 atom stereocenters. The van der Waals surface area contributed by atoms with Crippen LogP contribution in [0, 0.1) is 0 Å². The summed E-state index contributed by atoms with van der Waals surface area (Å²) in [5.74, 6) is -1.01. The minimum Gasteiger partial charge on any atom is -0.477 e. The fourth-order valence-corrected chi connectivity index (χ4v) is 2.10.